The third-order valence-electron chi connectivity index (χ3n) is 2.99. The van der Waals surface area contributed by atoms with Crippen LogP contribution in [0.25, 0.3) is 0 Å². The molecular weight excluding hydrogens is 242 g/mol. The third kappa shape index (κ3) is 2.03. The van der Waals surface area contributed by atoms with E-state index in [1.54, 1.807) is 0 Å². The average molecular weight is 255 g/mol. The molecule has 0 N–H and O–H groups in total. The van der Waals surface area contributed by atoms with Gasteiger partial charge in [0, 0.05) is 11.3 Å². The van der Waals surface area contributed by atoms with Crippen LogP contribution in [0, 0.1) is 0 Å². The second kappa shape index (κ2) is 4.88. The van der Waals surface area contributed by atoms with Crippen LogP contribution in [-0.4, -0.2) is 11.6 Å². The maximum absolute atomic E-state index is 5.80. The summed E-state index contributed by atoms with van der Waals surface area (Å²) in [6.45, 7) is 0.504. The SMILES string of the molecule is S=C1CO[C@@H](c2ccccc2)N1c1ccccc1. The van der Waals surface area contributed by atoms with Gasteiger partial charge in [-0.1, -0.05) is 60.7 Å². The van der Waals surface area contributed by atoms with Crippen molar-refractivity contribution < 1.29 is 4.74 Å². The lowest BCUT2D eigenvalue weighted by Crippen LogP contribution is -2.26. The summed E-state index contributed by atoms with van der Waals surface area (Å²) in [5, 5.41) is 0. The third-order valence-corrected chi connectivity index (χ3v) is 3.30. The minimum Gasteiger partial charge on any atom is -0.347 e. The van der Waals surface area contributed by atoms with Crippen LogP contribution in [-0.2, 0) is 4.74 Å². The molecule has 0 aliphatic carbocycles. The largest absolute Gasteiger partial charge is 0.347 e. The molecule has 1 heterocycles. The van der Waals surface area contributed by atoms with Crippen LogP contribution in [0.15, 0.2) is 60.7 Å². The van der Waals surface area contributed by atoms with E-state index in [-0.39, 0.29) is 6.23 Å². The summed E-state index contributed by atoms with van der Waals surface area (Å²) in [6.07, 6.45) is -0.110. The van der Waals surface area contributed by atoms with Crippen molar-refractivity contribution in [1.82, 2.24) is 0 Å². The standard InChI is InChI=1S/C15H13NOS/c18-14-11-17-15(12-7-3-1-4-8-12)16(14)13-9-5-2-6-10-13/h1-10,15H,11H2/t15-/m0/s1. The maximum atomic E-state index is 5.80. The molecule has 0 aromatic heterocycles. The van der Waals surface area contributed by atoms with E-state index in [1.165, 1.54) is 0 Å². The van der Waals surface area contributed by atoms with Crippen molar-refractivity contribution in [2.24, 2.45) is 0 Å². The van der Waals surface area contributed by atoms with E-state index in [0.29, 0.717) is 6.61 Å². The lowest BCUT2D eigenvalue weighted by Gasteiger charge is -2.25. The number of thiocarbonyl (C=S) groups is 1. The zero-order chi connectivity index (χ0) is 12.4. The summed E-state index contributed by atoms with van der Waals surface area (Å²) in [5.74, 6) is 0. The first-order valence-corrected chi connectivity index (χ1v) is 6.31. The zero-order valence-corrected chi connectivity index (χ0v) is 10.6. The van der Waals surface area contributed by atoms with Gasteiger partial charge in [-0.2, -0.15) is 0 Å². The number of nitrogens with zero attached hydrogens (tertiary/aromatic N) is 1. The van der Waals surface area contributed by atoms with Crippen molar-refractivity contribution in [3.8, 4) is 0 Å². The van der Waals surface area contributed by atoms with E-state index < -0.39 is 0 Å². The molecule has 90 valence electrons. The fraction of sp³-hybridized carbons (Fsp3) is 0.133. The van der Waals surface area contributed by atoms with Gasteiger partial charge in [-0.25, -0.2) is 0 Å². The van der Waals surface area contributed by atoms with Gasteiger partial charge >= 0.3 is 0 Å². The first-order valence-electron chi connectivity index (χ1n) is 5.90. The van der Waals surface area contributed by atoms with Crippen molar-refractivity contribution >= 4 is 22.9 Å². The first kappa shape index (κ1) is 11.4. The Kier molecular flexibility index (Phi) is 3.09. The van der Waals surface area contributed by atoms with Crippen molar-refractivity contribution in [1.29, 1.82) is 0 Å². The minimum atomic E-state index is -0.110. The van der Waals surface area contributed by atoms with Crippen molar-refractivity contribution in [3.63, 3.8) is 0 Å². The fourth-order valence-corrected chi connectivity index (χ4v) is 2.43. The Labute approximate surface area is 112 Å². The number of hydrogen-bond acceptors (Lipinski definition) is 2. The summed E-state index contributed by atoms with van der Waals surface area (Å²) < 4.78 is 5.80. The van der Waals surface area contributed by atoms with Crippen LogP contribution >= 0.6 is 12.2 Å². The predicted octanol–water partition coefficient (Wildman–Crippen LogP) is 3.55. The molecule has 1 aliphatic heterocycles. The summed E-state index contributed by atoms with van der Waals surface area (Å²) in [7, 11) is 0. The van der Waals surface area contributed by atoms with Crippen LogP contribution in [0.2, 0.25) is 0 Å². The average Bonchev–Trinajstić information content (AvgIpc) is 2.83. The minimum absolute atomic E-state index is 0.110. The van der Waals surface area contributed by atoms with Crippen LogP contribution in [0.5, 0.6) is 0 Å². The predicted molar refractivity (Wildman–Crippen MR) is 76.7 cm³/mol. The highest BCUT2D eigenvalue weighted by atomic mass is 32.1. The van der Waals surface area contributed by atoms with E-state index in [1.807, 2.05) is 36.4 Å². The van der Waals surface area contributed by atoms with Crippen molar-refractivity contribution in [2.45, 2.75) is 6.23 Å². The molecule has 1 fully saturated rings. The summed E-state index contributed by atoms with van der Waals surface area (Å²) in [6, 6.07) is 20.3. The second-order valence-electron chi connectivity index (χ2n) is 4.17. The van der Waals surface area contributed by atoms with E-state index in [9.17, 15) is 0 Å². The lowest BCUT2D eigenvalue weighted by atomic mass is 10.1. The van der Waals surface area contributed by atoms with E-state index in [0.717, 1.165) is 16.2 Å². The lowest BCUT2D eigenvalue weighted by molar-refractivity contribution is 0.117. The van der Waals surface area contributed by atoms with E-state index >= 15 is 0 Å². The summed E-state index contributed by atoms with van der Waals surface area (Å²) >= 11 is 5.40. The number of rotatable bonds is 2. The Hall–Kier alpha value is -1.71. The quantitative estimate of drug-likeness (QED) is 0.761. The number of anilines is 1. The highest BCUT2D eigenvalue weighted by Crippen LogP contribution is 2.32. The molecule has 2 nitrogen and oxygen atoms in total. The van der Waals surface area contributed by atoms with Crippen molar-refractivity contribution in [3.05, 3.63) is 66.2 Å². The molecule has 2 aromatic rings. The van der Waals surface area contributed by atoms with Gasteiger partial charge in [0.15, 0.2) is 6.23 Å². The molecular formula is C15H13NOS. The Morgan fingerprint density at radius 3 is 2.22 bits per heavy atom. The fourth-order valence-electron chi connectivity index (χ4n) is 2.16. The van der Waals surface area contributed by atoms with Crippen LogP contribution in [0.1, 0.15) is 11.8 Å². The molecule has 3 heteroatoms. The molecule has 0 bridgehead atoms. The van der Waals surface area contributed by atoms with Gasteiger partial charge < -0.3 is 9.64 Å². The van der Waals surface area contributed by atoms with Gasteiger partial charge in [0.1, 0.15) is 11.6 Å². The van der Waals surface area contributed by atoms with Crippen molar-refractivity contribution in [2.75, 3.05) is 11.5 Å². The Morgan fingerprint density at radius 2 is 1.56 bits per heavy atom. The summed E-state index contributed by atoms with van der Waals surface area (Å²) in [5.41, 5.74) is 2.20. The van der Waals surface area contributed by atoms with Crippen LogP contribution in [0.4, 0.5) is 5.69 Å². The maximum Gasteiger partial charge on any atom is 0.161 e. The van der Waals surface area contributed by atoms with Gasteiger partial charge in [0.25, 0.3) is 0 Å². The Bertz CT molecular complexity index is 541. The number of para-hydroxylation sites is 1. The topological polar surface area (TPSA) is 12.5 Å². The number of benzene rings is 2. The highest BCUT2D eigenvalue weighted by Gasteiger charge is 2.31. The first-order chi connectivity index (χ1) is 8.86. The molecule has 18 heavy (non-hydrogen) atoms. The molecule has 1 saturated heterocycles. The van der Waals surface area contributed by atoms with Gasteiger partial charge in [0.05, 0.1) is 0 Å². The molecule has 0 unspecified atom stereocenters. The monoisotopic (exact) mass is 255 g/mol. The highest BCUT2D eigenvalue weighted by molar-refractivity contribution is 7.80. The molecule has 3 rings (SSSR count). The Balaban J connectivity index is 1.98. The molecule has 0 amide bonds. The van der Waals surface area contributed by atoms with E-state index in [2.05, 4.69) is 29.2 Å². The molecule has 0 saturated carbocycles. The molecule has 2 aromatic carbocycles. The summed E-state index contributed by atoms with van der Waals surface area (Å²) in [4.78, 5) is 2.90. The normalized spacial score (nSPS) is 19.2. The number of ether oxygens (including phenoxy) is 1. The molecule has 0 radical (unpaired) electrons. The van der Waals surface area contributed by atoms with Gasteiger partial charge in [-0.05, 0) is 12.1 Å². The van der Waals surface area contributed by atoms with Gasteiger partial charge in [-0.3, -0.25) is 0 Å². The van der Waals surface area contributed by atoms with Gasteiger partial charge in [0.2, 0.25) is 0 Å². The van der Waals surface area contributed by atoms with Gasteiger partial charge in [-0.15, -0.1) is 0 Å². The van der Waals surface area contributed by atoms with Crippen LogP contribution < -0.4 is 4.90 Å². The number of hydrogen-bond donors (Lipinski definition) is 0. The zero-order valence-electron chi connectivity index (χ0n) is 9.82. The van der Waals surface area contributed by atoms with Crippen LogP contribution in [0.3, 0.4) is 0 Å². The molecule has 1 aliphatic rings. The second-order valence-corrected chi connectivity index (χ2v) is 4.64. The van der Waals surface area contributed by atoms with E-state index in [4.69, 9.17) is 17.0 Å². The molecule has 0 spiro atoms. The molecule has 1 atom stereocenters. The smallest absolute Gasteiger partial charge is 0.161 e. The Morgan fingerprint density at radius 1 is 0.944 bits per heavy atom.